The Balaban J connectivity index is 1.46. The number of anilines is 1. The first-order valence-electron chi connectivity index (χ1n) is 11.2. The Bertz CT molecular complexity index is 1240. The van der Waals surface area contributed by atoms with Gasteiger partial charge in [0.2, 0.25) is 0 Å². The number of fused-ring (bicyclic) bond motifs is 2. The topological polar surface area (TPSA) is 56.8 Å². The summed E-state index contributed by atoms with van der Waals surface area (Å²) in [6.45, 7) is 5.21. The zero-order valence-corrected chi connectivity index (χ0v) is 17.9. The van der Waals surface area contributed by atoms with E-state index in [1.165, 1.54) is 57.3 Å². The van der Waals surface area contributed by atoms with E-state index in [0.717, 1.165) is 31.7 Å². The van der Waals surface area contributed by atoms with E-state index in [9.17, 15) is 0 Å². The molecule has 1 atom stereocenters. The first-order valence-corrected chi connectivity index (χ1v) is 11.2. The SMILES string of the molecule is Cc1c[nH]c2ncc(-c3cc4c(c(C5CCCN5)c3)CCN(c3cccnc3)C4)cc12. The zero-order chi connectivity index (χ0) is 20.8. The number of aromatic amines is 1. The first-order chi connectivity index (χ1) is 15.3. The Hall–Kier alpha value is -3.18. The maximum atomic E-state index is 4.69. The highest BCUT2D eigenvalue weighted by Crippen LogP contribution is 2.37. The number of hydrogen-bond donors (Lipinski definition) is 2. The Morgan fingerprint density at radius 1 is 1.13 bits per heavy atom. The normalized spacial score (nSPS) is 18.5. The number of H-pyrrole nitrogens is 1. The standard InChI is InChI=1S/C26H27N5/c1-17-13-29-26-23(17)12-19(14-30-26)18-10-20-16-31(21-4-2-7-27-15-21)9-6-22(20)24(11-18)25-5-3-8-28-25/h2,4,7,10-15,25,28H,3,5-6,8-9,16H2,1H3,(H,29,30). The van der Waals surface area contributed by atoms with E-state index in [1.807, 2.05) is 30.9 Å². The monoisotopic (exact) mass is 409 g/mol. The number of pyridine rings is 2. The molecule has 5 heteroatoms. The van der Waals surface area contributed by atoms with Crippen molar-refractivity contribution >= 4 is 16.7 Å². The van der Waals surface area contributed by atoms with Crippen LogP contribution in [-0.4, -0.2) is 28.0 Å². The van der Waals surface area contributed by atoms with Gasteiger partial charge >= 0.3 is 0 Å². The summed E-state index contributed by atoms with van der Waals surface area (Å²) in [5.74, 6) is 0. The number of aromatic nitrogens is 3. The number of benzene rings is 1. The first kappa shape index (κ1) is 18.6. The summed E-state index contributed by atoms with van der Waals surface area (Å²) in [5.41, 5.74) is 10.3. The maximum absolute atomic E-state index is 4.69. The van der Waals surface area contributed by atoms with Crippen LogP contribution in [-0.2, 0) is 13.0 Å². The van der Waals surface area contributed by atoms with Crippen molar-refractivity contribution in [2.24, 2.45) is 0 Å². The molecule has 31 heavy (non-hydrogen) atoms. The zero-order valence-electron chi connectivity index (χ0n) is 17.9. The molecule has 4 aromatic rings. The van der Waals surface area contributed by atoms with E-state index in [2.05, 4.69) is 51.4 Å². The number of nitrogens with one attached hydrogen (secondary N) is 2. The minimum absolute atomic E-state index is 0.462. The van der Waals surface area contributed by atoms with Crippen molar-refractivity contribution in [1.82, 2.24) is 20.3 Å². The van der Waals surface area contributed by atoms with Crippen molar-refractivity contribution in [2.75, 3.05) is 18.0 Å². The predicted molar refractivity (Wildman–Crippen MR) is 125 cm³/mol. The fourth-order valence-electron chi connectivity index (χ4n) is 5.22. The van der Waals surface area contributed by atoms with Gasteiger partial charge in [0, 0.05) is 48.7 Å². The molecule has 6 rings (SSSR count). The van der Waals surface area contributed by atoms with Gasteiger partial charge in [0.15, 0.2) is 0 Å². The highest BCUT2D eigenvalue weighted by molar-refractivity contribution is 5.84. The fourth-order valence-corrected chi connectivity index (χ4v) is 5.22. The van der Waals surface area contributed by atoms with Crippen LogP contribution in [0.3, 0.4) is 0 Å². The van der Waals surface area contributed by atoms with Gasteiger partial charge < -0.3 is 15.2 Å². The lowest BCUT2D eigenvalue weighted by molar-refractivity contribution is 0.626. The van der Waals surface area contributed by atoms with E-state index in [4.69, 9.17) is 4.98 Å². The fraction of sp³-hybridized carbons (Fsp3) is 0.308. The summed E-state index contributed by atoms with van der Waals surface area (Å²) >= 11 is 0. The molecule has 0 saturated carbocycles. The smallest absolute Gasteiger partial charge is 0.137 e. The van der Waals surface area contributed by atoms with Gasteiger partial charge in [0.25, 0.3) is 0 Å². The lowest BCUT2D eigenvalue weighted by atomic mass is 9.86. The van der Waals surface area contributed by atoms with Crippen molar-refractivity contribution in [2.45, 2.75) is 38.8 Å². The van der Waals surface area contributed by atoms with Crippen LogP contribution in [0, 0.1) is 6.92 Å². The average molecular weight is 410 g/mol. The highest BCUT2D eigenvalue weighted by Gasteiger charge is 2.26. The second-order valence-electron chi connectivity index (χ2n) is 8.83. The van der Waals surface area contributed by atoms with Gasteiger partial charge in [-0.3, -0.25) is 4.98 Å². The molecule has 156 valence electrons. The van der Waals surface area contributed by atoms with E-state index < -0.39 is 0 Å². The van der Waals surface area contributed by atoms with Gasteiger partial charge in [-0.2, -0.15) is 0 Å². The molecule has 5 heterocycles. The summed E-state index contributed by atoms with van der Waals surface area (Å²) in [5, 5.41) is 4.94. The third kappa shape index (κ3) is 3.29. The molecule has 1 unspecified atom stereocenters. The van der Waals surface area contributed by atoms with Gasteiger partial charge in [0.1, 0.15) is 5.65 Å². The van der Waals surface area contributed by atoms with Crippen LogP contribution in [0.1, 0.15) is 41.1 Å². The van der Waals surface area contributed by atoms with Crippen LogP contribution >= 0.6 is 0 Å². The molecule has 2 aliphatic rings. The van der Waals surface area contributed by atoms with Crippen molar-refractivity contribution in [3.63, 3.8) is 0 Å². The third-order valence-corrected chi connectivity index (χ3v) is 6.89. The largest absolute Gasteiger partial charge is 0.366 e. The van der Waals surface area contributed by atoms with Gasteiger partial charge in [0.05, 0.1) is 11.9 Å². The van der Waals surface area contributed by atoms with E-state index in [1.54, 1.807) is 0 Å². The Morgan fingerprint density at radius 2 is 2.10 bits per heavy atom. The molecule has 3 aromatic heterocycles. The minimum atomic E-state index is 0.462. The van der Waals surface area contributed by atoms with Crippen molar-refractivity contribution in [1.29, 1.82) is 0 Å². The average Bonchev–Trinajstić information content (AvgIpc) is 3.49. The highest BCUT2D eigenvalue weighted by atomic mass is 15.1. The summed E-state index contributed by atoms with van der Waals surface area (Å²) in [7, 11) is 0. The number of rotatable bonds is 3. The molecule has 0 amide bonds. The van der Waals surface area contributed by atoms with E-state index in [-0.39, 0.29) is 0 Å². The van der Waals surface area contributed by atoms with Crippen LogP contribution in [0.25, 0.3) is 22.2 Å². The van der Waals surface area contributed by atoms with Gasteiger partial charge in [-0.1, -0.05) is 0 Å². The van der Waals surface area contributed by atoms with Crippen LogP contribution in [0.15, 0.2) is 55.1 Å². The second-order valence-corrected chi connectivity index (χ2v) is 8.83. The molecule has 1 saturated heterocycles. The van der Waals surface area contributed by atoms with E-state index >= 15 is 0 Å². The molecule has 1 fully saturated rings. The van der Waals surface area contributed by atoms with Crippen LogP contribution < -0.4 is 10.2 Å². The number of hydrogen-bond acceptors (Lipinski definition) is 4. The van der Waals surface area contributed by atoms with Crippen LogP contribution in [0.5, 0.6) is 0 Å². The molecule has 2 aliphatic heterocycles. The minimum Gasteiger partial charge on any atom is -0.366 e. The van der Waals surface area contributed by atoms with Gasteiger partial charge in [-0.05, 0) is 90.9 Å². The molecule has 0 radical (unpaired) electrons. The molecule has 2 N–H and O–H groups in total. The van der Waals surface area contributed by atoms with Crippen molar-refractivity contribution in [3.05, 3.63) is 77.4 Å². The summed E-state index contributed by atoms with van der Waals surface area (Å²) < 4.78 is 0. The van der Waals surface area contributed by atoms with Gasteiger partial charge in [-0.15, -0.1) is 0 Å². The molecule has 1 aromatic carbocycles. The molecule has 0 aliphatic carbocycles. The summed E-state index contributed by atoms with van der Waals surface area (Å²) in [6, 6.07) is 11.7. The molecular formula is C26H27N5. The Kier molecular flexibility index (Phi) is 4.50. The van der Waals surface area contributed by atoms with Gasteiger partial charge in [-0.25, -0.2) is 4.98 Å². The Morgan fingerprint density at radius 3 is 2.94 bits per heavy atom. The van der Waals surface area contributed by atoms with Crippen molar-refractivity contribution < 1.29 is 0 Å². The molecule has 0 spiro atoms. The quantitative estimate of drug-likeness (QED) is 0.504. The number of nitrogens with zero attached hydrogens (tertiary/aromatic N) is 3. The maximum Gasteiger partial charge on any atom is 0.137 e. The summed E-state index contributed by atoms with van der Waals surface area (Å²) in [6.07, 6.45) is 11.4. The molecule has 5 nitrogen and oxygen atoms in total. The Labute approximate surface area is 182 Å². The second kappa shape index (κ2) is 7.50. The lowest BCUT2D eigenvalue weighted by Crippen LogP contribution is -2.32. The van der Waals surface area contributed by atoms with Crippen molar-refractivity contribution in [3.8, 4) is 11.1 Å². The molecular weight excluding hydrogens is 382 g/mol. The third-order valence-electron chi connectivity index (χ3n) is 6.89. The lowest BCUT2D eigenvalue weighted by Gasteiger charge is -2.33. The predicted octanol–water partition coefficient (Wildman–Crippen LogP) is 4.92. The molecule has 0 bridgehead atoms. The van der Waals surface area contributed by atoms with Crippen LogP contribution in [0.2, 0.25) is 0 Å². The number of aryl methyl sites for hydroxylation is 1. The van der Waals surface area contributed by atoms with E-state index in [0.29, 0.717) is 6.04 Å². The van der Waals surface area contributed by atoms with Crippen LogP contribution in [0.4, 0.5) is 5.69 Å². The summed E-state index contributed by atoms with van der Waals surface area (Å²) in [4.78, 5) is 14.7.